The molecule has 0 atom stereocenters. The summed E-state index contributed by atoms with van der Waals surface area (Å²) in [5.41, 5.74) is 2.33. The van der Waals surface area contributed by atoms with E-state index in [0.717, 1.165) is 38.0 Å². The minimum Gasteiger partial charge on any atom is -0.299 e. The SMILES string of the molecule is CCCN1CC=C(c2ccc(F)c(C#N)c2)CC1. The highest BCUT2D eigenvalue weighted by Gasteiger charge is 2.13. The van der Waals surface area contributed by atoms with Gasteiger partial charge in [-0.15, -0.1) is 0 Å². The molecule has 0 saturated heterocycles. The molecule has 0 bridgehead atoms. The number of halogens is 1. The first-order valence-corrected chi connectivity index (χ1v) is 6.36. The lowest BCUT2D eigenvalue weighted by Crippen LogP contribution is -2.29. The highest BCUT2D eigenvalue weighted by atomic mass is 19.1. The predicted molar refractivity (Wildman–Crippen MR) is 70.4 cm³/mol. The van der Waals surface area contributed by atoms with Crippen LogP contribution < -0.4 is 0 Å². The zero-order chi connectivity index (χ0) is 13.0. The maximum Gasteiger partial charge on any atom is 0.140 e. The van der Waals surface area contributed by atoms with Gasteiger partial charge in [0.25, 0.3) is 0 Å². The van der Waals surface area contributed by atoms with Crippen molar-refractivity contribution in [1.82, 2.24) is 4.90 Å². The standard InChI is InChI=1S/C15H17FN2/c1-2-7-18-8-5-12(6-9-18)13-3-4-15(16)14(10-13)11-17/h3-5,10H,2,6-9H2,1H3. The lowest BCUT2D eigenvalue weighted by atomic mass is 9.97. The first-order valence-electron chi connectivity index (χ1n) is 6.36. The molecule has 1 heterocycles. The van der Waals surface area contributed by atoms with E-state index < -0.39 is 5.82 Å². The van der Waals surface area contributed by atoms with Crippen LogP contribution in [0.2, 0.25) is 0 Å². The van der Waals surface area contributed by atoms with Crippen molar-refractivity contribution in [3.8, 4) is 6.07 Å². The van der Waals surface area contributed by atoms with Crippen LogP contribution in [-0.2, 0) is 0 Å². The van der Waals surface area contributed by atoms with Crippen LogP contribution in [-0.4, -0.2) is 24.5 Å². The fraction of sp³-hybridized carbons (Fsp3) is 0.400. The molecule has 0 amide bonds. The van der Waals surface area contributed by atoms with E-state index >= 15 is 0 Å². The van der Waals surface area contributed by atoms with Gasteiger partial charge in [-0.2, -0.15) is 5.26 Å². The third kappa shape index (κ3) is 2.77. The van der Waals surface area contributed by atoms with Crippen LogP contribution in [0.4, 0.5) is 4.39 Å². The van der Waals surface area contributed by atoms with Gasteiger partial charge in [0.05, 0.1) is 5.56 Å². The van der Waals surface area contributed by atoms with Gasteiger partial charge < -0.3 is 0 Å². The summed E-state index contributed by atoms with van der Waals surface area (Å²) in [6.07, 6.45) is 4.32. The van der Waals surface area contributed by atoms with Gasteiger partial charge >= 0.3 is 0 Å². The monoisotopic (exact) mass is 244 g/mol. The Bertz CT molecular complexity index is 500. The van der Waals surface area contributed by atoms with E-state index in [0.29, 0.717) is 0 Å². The van der Waals surface area contributed by atoms with Gasteiger partial charge in [-0.1, -0.05) is 19.1 Å². The third-order valence-electron chi connectivity index (χ3n) is 3.29. The molecule has 0 N–H and O–H groups in total. The average Bonchev–Trinajstić information content (AvgIpc) is 2.41. The molecule has 1 aromatic rings. The van der Waals surface area contributed by atoms with Crippen molar-refractivity contribution in [1.29, 1.82) is 5.26 Å². The van der Waals surface area contributed by atoms with E-state index in [2.05, 4.69) is 17.9 Å². The summed E-state index contributed by atoms with van der Waals surface area (Å²) in [6.45, 7) is 5.29. The van der Waals surface area contributed by atoms with Crippen LogP contribution in [0.15, 0.2) is 24.3 Å². The van der Waals surface area contributed by atoms with Crippen molar-refractivity contribution in [3.05, 3.63) is 41.2 Å². The zero-order valence-electron chi connectivity index (χ0n) is 10.6. The Morgan fingerprint density at radius 1 is 1.44 bits per heavy atom. The molecule has 1 aliphatic rings. The van der Waals surface area contributed by atoms with Crippen molar-refractivity contribution in [3.63, 3.8) is 0 Å². The Morgan fingerprint density at radius 2 is 2.28 bits per heavy atom. The fourth-order valence-electron chi connectivity index (χ4n) is 2.30. The van der Waals surface area contributed by atoms with Crippen LogP contribution in [0.1, 0.15) is 30.9 Å². The third-order valence-corrected chi connectivity index (χ3v) is 3.29. The summed E-state index contributed by atoms with van der Waals surface area (Å²) in [5, 5.41) is 8.84. The maximum absolute atomic E-state index is 13.2. The quantitative estimate of drug-likeness (QED) is 0.816. The minimum absolute atomic E-state index is 0.129. The lowest BCUT2D eigenvalue weighted by molar-refractivity contribution is 0.302. The molecule has 18 heavy (non-hydrogen) atoms. The van der Waals surface area contributed by atoms with Gasteiger partial charge in [0.2, 0.25) is 0 Å². The Morgan fingerprint density at radius 3 is 2.89 bits per heavy atom. The number of benzene rings is 1. The average molecular weight is 244 g/mol. The molecule has 0 spiro atoms. The molecule has 0 fully saturated rings. The van der Waals surface area contributed by atoms with Crippen molar-refractivity contribution in [2.45, 2.75) is 19.8 Å². The second kappa shape index (κ2) is 5.79. The smallest absolute Gasteiger partial charge is 0.140 e. The van der Waals surface area contributed by atoms with E-state index in [4.69, 9.17) is 5.26 Å². The number of rotatable bonds is 3. The molecule has 0 saturated carbocycles. The number of nitrogens with zero attached hydrogens (tertiary/aromatic N) is 2. The number of hydrogen-bond acceptors (Lipinski definition) is 2. The van der Waals surface area contributed by atoms with Crippen LogP contribution >= 0.6 is 0 Å². The van der Waals surface area contributed by atoms with E-state index in [9.17, 15) is 4.39 Å². The summed E-state index contributed by atoms with van der Waals surface area (Å²) in [6, 6.07) is 6.68. The van der Waals surface area contributed by atoms with Crippen LogP contribution in [0.5, 0.6) is 0 Å². The molecule has 0 radical (unpaired) electrons. The Labute approximate surface area is 107 Å². The van der Waals surface area contributed by atoms with Crippen molar-refractivity contribution < 1.29 is 4.39 Å². The highest BCUT2D eigenvalue weighted by molar-refractivity contribution is 5.67. The molecule has 2 rings (SSSR count). The zero-order valence-corrected chi connectivity index (χ0v) is 10.6. The second-order valence-corrected chi connectivity index (χ2v) is 4.59. The summed E-state index contributed by atoms with van der Waals surface area (Å²) >= 11 is 0. The van der Waals surface area contributed by atoms with Gasteiger partial charge in [0.1, 0.15) is 11.9 Å². The maximum atomic E-state index is 13.2. The van der Waals surface area contributed by atoms with Crippen LogP contribution in [0.25, 0.3) is 5.57 Å². The molecule has 3 heteroatoms. The minimum atomic E-state index is -0.440. The van der Waals surface area contributed by atoms with Gasteiger partial charge in [-0.25, -0.2) is 4.39 Å². The van der Waals surface area contributed by atoms with Crippen molar-refractivity contribution >= 4 is 5.57 Å². The van der Waals surface area contributed by atoms with Gasteiger partial charge in [-0.05, 0) is 42.7 Å². The van der Waals surface area contributed by atoms with E-state index in [1.807, 2.05) is 6.07 Å². The second-order valence-electron chi connectivity index (χ2n) is 4.59. The Hall–Kier alpha value is -1.66. The normalized spacial score (nSPS) is 16.2. The largest absolute Gasteiger partial charge is 0.299 e. The summed E-state index contributed by atoms with van der Waals surface area (Å²) < 4.78 is 13.2. The molecule has 0 aliphatic carbocycles. The van der Waals surface area contributed by atoms with Crippen LogP contribution in [0.3, 0.4) is 0 Å². The van der Waals surface area contributed by atoms with Gasteiger partial charge in [-0.3, -0.25) is 4.90 Å². The fourth-order valence-corrected chi connectivity index (χ4v) is 2.30. The molecule has 94 valence electrons. The molecule has 2 nitrogen and oxygen atoms in total. The number of nitriles is 1. The molecular formula is C15H17FN2. The number of hydrogen-bond donors (Lipinski definition) is 0. The summed E-state index contributed by atoms with van der Waals surface area (Å²) in [7, 11) is 0. The van der Waals surface area contributed by atoms with E-state index in [-0.39, 0.29) is 5.56 Å². The molecular weight excluding hydrogens is 227 g/mol. The first kappa shape index (κ1) is 12.8. The molecule has 1 aromatic carbocycles. The van der Waals surface area contributed by atoms with Gasteiger partial charge in [0, 0.05) is 13.1 Å². The Kier molecular flexibility index (Phi) is 4.11. The Balaban J connectivity index is 2.16. The molecule has 1 aliphatic heterocycles. The van der Waals surface area contributed by atoms with Crippen molar-refractivity contribution in [2.24, 2.45) is 0 Å². The van der Waals surface area contributed by atoms with E-state index in [1.165, 1.54) is 11.6 Å². The lowest BCUT2D eigenvalue weighted by Gasteiger charge is -2.26. The van der Waals surface area contributed by atoms with Crippen molar-refractivity contribution in [2.75, 3.05) is 19.6 Å². The first-order chi connectivity index (χ1) is 8.74. The topological polar surface area (TPSA) is 27.0 Å². The van der Waals surface area contributed by atoms with Gasteiger partial charge in [0.15, 0.2) is 0 Å². The van der Waals surface area contributed by atoms with E-state index in [1.54, 1.807) is 12.1 Å². The highest BCUT2D eigenvalue weighted by Crippen LogP contribution is 2.24. The summed E-state index contributed by atoms with van der Waals surface area (Å²) in [5.74, 6) is -0.440. The molecule has 0 unspecified atom stereocenters. The predicted octanol–water partition coefficient (Wildman–Crippen LogP) is 3.20. The van der Waals surface area contributed by atoms with Crippen LogP contribution in [0, 0.1) is 17.1 Å². The summed E-state index contributed by atoms with van der Waals surface area (Å²) in [4.78, 5) is 2.40. The molecule has 0 aromatic heterocycles.